The molecule has 1 N–H and O–H groups in total. The van der Waals surface area contributed by atoms with Gasteiger partial charge in [0.2, 0.25) is 0 Å². The number of aromatic amines is 1. The Morgan fingerprint density at radius 3 is 2.53 bits per heavy atom. The molecule has 1 aliphatic carbocycles. The van der Waals surface area contributed by atoms with Gasteiger partial charge in [-0.2, -0.15) is 5.10 Å². The van der Waals surface area contributed by atoms with E-state index < -0.39 is 0 Å². The highest BCUT2D eigenvalue weighted by Gasteiger charge is 2.27. The van der Waals surface area contributed by atoms with E-state index in [2.05, 4.69) is 15.2 Å². The van der Waals surface area contributed by atoms with E-state index in [4.69, 9.17) is 4.74 Å². The highest BCUT2D eigenvalue weighted by molar-refractivity contribution is 5.92. The topological polar surface area (TPSA) is 88.2 Å². The number of hydrogen-bond donors (Lipinski definition) is 1. The summed E-state index contributed by atoms with van der Waals surface area (Å²) in [6.45, 7) is 1.41. The Kier molecular flexibility index (Phi) is 5.99. The predicted molar refractivity (Wildman–Crippen MR) is 122 cm³/mol. The highest BCUT2D eigenvalue weighted by atomic mass is 16.5. The second-order valence-corrected chi connectivity index (χ2v) is 8.81. The van der Waals surface area contributed by atoms with Crippen LogP contribution in [0.3, 0.4) is 0 Å². The molecule has 0 radical (unpaired) electrons. The Bertz CT molecular complexity index is 1160. The first-order chi connectivity index (χ1) is 15.7. The fourth-order valence-corrected chi connectivity index (χ4v) is 4.85. The summed E-state index contributed by atoms with van der Waals surface area (Å²) in [5.41, 5.74) is 1.96. The maximum Gasteiger partial charge on any atom is 0.272 e. The molecule has 1 saturated heterocycles. The largest absolute Gasteiger partial charge is 0.375 e. The van der Waals surface area contributed by atoms with Crippen molar-refractivity contribution in [3.63, 3.8) is 0 Å². The van der Waals surface area contributed by atoms with Crippen LogP contribution in [0.2, 0.25) is 0 Å². The Morgan fingerprint density at radius 2 is 1.75 bits per heavy atom. The predicted octanol–water partition coefficient (Wildman–Crippen LogP) is 3.47. The van der Waals surface area contributed by atoms with Gasteiger partial charge in [0, 0.05) is 31.1 Å². The molecule has 7 nitrogen and oxygen atoms in total. The van der Waals surface area contributed by atoms with Crippen LogP contribution in [-0.4, -0.2) is 51.3 Å². The number of ether oxygens (including phenoxy) is 1. The molecular formula is C25H28N4O3. The number of benzene rings is 1. The molecule has 0 bridgehead atoms. The highest BCUT2D eigenvalue weighted by Crippen LogP contribution is 2.26. The van der Waals surface area contributed by atoms with Crippen molar-refractivity contribution in [1.29, 1.82) is 0 Å². The van der Waals surface area contributed by atoms with Crippen LogP contribution in [0.4, 0.5) is 0 Å². The minimum Gasteiger partial charge on any atom is -0.375 e. The molecule has 166 valence electrons. The Morgan fingerprint density at radius 1 is 1.03 bits per heavy atom. The molecule has 2 aromatic heterocycles. The fraction of sp³-hybridized carbons (Fsp3) is 0.440. The van der Waals surface area contributed by atoms with Gasteiger partial charge in [-0.3, -0.25) is 14.6 Å². The van der Waals surface area contributed by atoms with Gasteiger partial charge in [-0.15, -0.1) is 0 Å². The second-order valence-electron chi connectivity index (χ2n) is 8.81. The number of pyridine rings is 1. The van der Waals surface area contributed by atoms with Crippen LogP contribution in [0.5, 0.6) is 0 Å². The van der Waals surface area contributed by atoms with Crippen LogP contribution < -0.4 is 5.56 Å². The van der Waals surface area contributed by atoms with Crippen LogP contribution in [-0.2, 0) is 11.2 Å². The number of rotatable bonds is 5. The third-order valence-electron chi connectivity index (χ3n) is 6.61. The Balaban J connectivity index is 1.26. The molecule has 2 fully saturated rings. The van der Waals surface area contributed by atoms with Crippen molar-refractivity contribution >= 4 is 16.7 Å². The summed E-state index contributed by atoms with van der Waals surface area (Å²) in [6, 6.07) is 11.2. The molecule has 0 unspecified atom stereocenters. The third kappa shape index (κ3) is 4.43. The normalized spacial score (nSPS) is 17.8. The quantitative estimate of drug-likeness (QED) is 0.667. The fourth-order valence-electron chi connectivity index (χ4n) is 4.85. The van der Waals surface area contributed by atoms with Crippen molar-refractivity contribution in [2.45, 2.75) is 57.2 Å². The van der Waals surface area contributed by atoms with E-state index >= 15 is 0 Å². The van der Waals surface area contributed by atoms with Crippen molar-refractivity contribution in [3.05, 3.63) is 69.9 Å². The van der Waals surface area contributed by atoms with Crippen molar-refractivity contribution in [3.8, 4) is 0 Å². The number of piperidine rings is 1. The minimum atomic E-state index is -0.199. The lowest BCUT2D eigenvalue weighted by Gasteiger charge is -2.33. The van der Waals surface area contributed by atoms with E-state index in [1.165, 1.54) is 25.7 Å². The van der Waals surface area contributed by atoms with Crippen molar-refractivity contribution in [2.75, 3.05) is 13.1 Å². The van der Waals surface area contributed by atoms with E-state index in [1.54, 1.807) is 12.3 Å². The van der Waals surface area contributed by atoms with Crippen LogP contribution >= 0.6 is 0 Å². The van der Waals surface area contributed by atoms with E-state index in [1.807, 2.05) is 35.2 Å². The number of carbonyl (C=O) groups excluding carboxylic acids is 1. The van der Waals surface area contributed by atoms with Crippen LogP contribution in [0, 0.1) is 0 Å². The molecule has 1 saturated carbocycles. The molecule has 3 aromatic rings. The first-order valence-electron chi connectivity index (χ1n) is 11.5. The molecule has 1 amide bonds. The molecule has 5 rings (SSSR count). The molecule has 7 heteroatoms. The average Bonchev–Trinajstić information content (AvgIpc) is 3.34. The van der Waals surface area contributed by atoms with Gasteiger partial charge in [-0.1, -0.05) is 31.0 Å². The zero-order valence-electron chi connectivity index (χ0n) is 18.1. The van der Waals surface area contributed by atoms with Crippen molar-refractivity contribution in [1.82, 2.24) is 20.1 Å². The molecule has 32 heavy (non-hydrogen) atoms. The number of amides is 1. The van der Waals surface area contributed by atoms with Crippen LogP contribution in [0.25, 0.3) is 10.8 Å². The first kappa shape index (κ1) is 20.8. The Labute approximate surface area is 186 Å². The average molecular weight is 433 g/mol. The van der Waals surface area contributed by atoms with Gasteiger partial charge < -0.3 is 9.64 Å². The van der Waals surface area contributed by atoms with E-state index in [0.29, 0.717) is 36.7 Å². The van der Waals surface area contributed by atoms with Crippen LogP contribution in [0.1, 0.15) is 60.3 Å². The zero-order valence-corrected chi connectivity index (χ0v) is 18.1. The molecule has 0 spiro atoms. The first-order valence-corrected chi connectivity index (χ1v) is 11.5. The van der Waals surface area contributed by atoms with E-state index in [-0.39, 0.29) is 17.6 Å². The number of nitrogens with zero attached hydrogens (tertiary/aromatic N) is 3. The van der Waals surface area contributed by atoms with Gasteiger partial charge in [0.05, 0.1) is 23.3 Å². The summed E-state index contributed by atoms with van der Waals surface area (Å²) in [5, 5.41) is 8.26. The van der Waals surface area contributed by atoms with Gasteiger partial charge in [0.1, 0.15) is 5.69 Å². The molecule has 1 aromatic carbocycles. The maximum absolute atomic E-state index is 13.1. The minimum absolute atomic E-state index is 0.0366. The van der Waals surface area contributed by atoms with Gasteiger partial charge in [-0.05, 0) is 49.4 Å². The monoisotopic (exact) mass is 432 g/mol. The molecule has 1 aliphatic heterocycles. The summed E-state index contributed by atoms with van der Waals surface area (Å²) >= 11 is 0. The lowest BCUT2D eigenvalue weighted by atomic mass is 10.0. The Hall–Kier alpha value is -3.06. The molecule has 0 atom stereocenters. The maximum atomic E-state index is 13.1. The summed E-state index contributed by atoms with van der Waals surface area (Å²) in [6.07, 6.45) is 9.53. The van der Waals surface area contributed by atoms with Crippen molar-refractivity contribution in [2.24, 2.45) is 0 Å². The van der Waals surface area contributed by atoms with Gasteiger partial charge >= 0.3 is 0 Å². The summed E-state index contributed by atoms with van der Waals surface area (Å²) in [7, 11) is 0. The number of carbonyl (C=O) groups is 1. The van der Waals surface area contributed by atoms with E-state index in [9.17, 15) is 9.59 Å². The number of hydrogen-bond acceptors (Lipinski definition) is 5. The standard InChI is InChI=1S/C25H28N4O3/c30-24-21-8-4-3-7-20(21)22(27-28-24)15-17-9-12-26-23(16-17)25(31)29-13-10-19(11-14-29)32-18-5-1-2-6-18/h3-4,7-9,12,16,18-19H,1-2,5-6,10-11,13-15H2,(H,28,30). The SMILES string of the molecule is O=C(c1cc(Cc2n[nH]c(=O)c3ccccc23)ccn1)N1CCC(OC2CCCC2)CC1. The zero-order chi connectivity index (χ0) is 21.9. The molecule has 2 aliphatic rings. The molecular weight excluding hydrogens is 404 g/mol. The van der Waals surface area contributed by atoms with Crippen LogP contribution in [0.15, 0.2) is 47.4 Å². The number of aromatic nitrogens is 3. The number of fused-ring (bicyclic) bond motifs is 1. The van der Waals surface area contributed by atoms with Gasteiger partial charge in [-0.25, -0.2) is 5.10 Å². The summed E-state index contributed by atoms with van der Waals surface area (Å²) < 4.78 is 6.23. The second kappa shape index (κ2) is 9.20. The summed E-state index contributed by atoms with van der Waals surface area (Å²) in [5.74, 6) is -0.0366. The number of nitrogens with one attached hydrogen (secondary N) is 1. The van der Waals surface area contributed by atoms with Gasteiger partial charge in [0.25, 0.3) is 11.5 Å². The van der Waals surface area contributed by atoms with Crippen molar-refractivity contribution < 1.29 is 9.53 Å². The lowest BCUT2D eigenvalue weighted by molar-refractivity contribution is -0.0358. The van der Waals surface area contributed by atoms with E-state index in [0.717, 1.165) is 29.5 Å². The third-order valence-corrected chi connectivity index (χ3v) is 6.61. The number of likely N-dealkylation sites (tertiary alicyclic amines) is 1. The smallest absolute Gasteiger partial charge is 0.272 e. The summed E-state index contributed by atoms with van der Waals surface area (Å²) in [4.78, 5) is 31.3. The molecule has 3 heterocycles. The lowest BCUT2D eigenvalue weighted by Crippen LogP contribution is -2.42. The van der Waals surface area contributed by atoms with Gasteiger partial charge in [0.15, 0.2) is 0 Å². The number of H-pyrrole nitrogens is 1.